The Hall–Kier alpha value is -3.48. The first-order chi connectivity index (χ1) is 14.5. The van der Waals surface area contributed by atoms with Crippen LogP contribution in [-0.2, 0) is 11.2 Å². The van der Waals surface area contributed by atoms with Crippen molar-refractivity contribution < 1.29 is 9.59 Å². The van der Waals surface area contributed by atoms with Crippen LogP contribution in [0, 0.1) is 0 Å². The van der Waals surface area contributed by atoms with Gasteiger partial charge in [0.2, 0.25) is 5.91 Å². The predicted molar refractivity (Wildman–Crippen MR) is 114 cm³/mol. The third-order valence-corrected chi connectivity index (χ3v) is 5.52. The van der Waals surface area contributed by atoms with Crippen molar-refractivity contribution in [3.8, 4) is 0 Å². The van der Waals surface area contributed by atoms with Crippen molar-refractivity contribution >= 4 is 22.6 Å². The van der Waals surface area contributed by atoms with Gasteiger partial charge in [0.25, 0.3) is 11.5 Å². The van der Waals surface area contributed by atoms with E-state index in [0.717, 1.165) is 24.8 Å². The van der Waals surface area contributed by atoms with E-state index >= 15 is 0 Å². The van der Waals surface area contributed by atoms with Crippen molar-refractivity contribution in [2.24, 2.45) is 0 Å². The molecule has 1 atom stereocenters. The number of nitrogens with one attached hydrogen (secondary N) is 2. The van der Waals surface area contributed by atoms with E-state index in [1.54, 1.807) is 24.3 Å². The van der Waals surface area contributed by atoms with Crippen LogP contribution in [0.15, 0.2) is 53.3 Å². The van der Waals surface area contributed by atoms with Gasteiger partial charge in [-0.2, -0.15) is 5.10 Å². The molecule has 30 heavy (non-hydrogen) atoms. The van der Waals surface area contributed by atoms with Gasteiger partial charge in [0, 0.05) is 5.39 Å². The molecule has 1 aliphatic carbocycles. The fraction of sp³-hybridized carbons (Fsp3) is 0.304. The predicted octanol–water partition coefficient (Wildman–Crippen LogP) is 2.86. The highest BCUT2D eigenvalue weighted by molar-refractivity contribution is 6.05. The van der Waals surface area contributed by atoms with Crippen LogP contribution in [0.1, 0.15) is 60.3 Å². The molecule has 1 aromatic heterocycles. The third kappa shape index (κ3) is 3.58. The van der Waals surface area contributed by atoms with Gasteiger partial charge in [-0.15, -0.1) is 0 Å². The monoisotopic (exact) mass is 404 g/mol. The molecule has 2 aromatic carbocycles. The number of nitrogens with zero attached hydrogens (tertiary/aromatic N) is 2. The number of fused-ring (bicyclic) bond motifs is 2. The standard InChI is InChI=1S/C23H24N4O3/c1-14(2)27-23(30)19-12-6-5-11-17(19)20(26-27)22(29)25-24-21(28)18-13-7-9-15-8-3-4-10-16(15)18/h3-6,8,10-12,14,18H,7,9,13H2,1-2H3,(H,24,28)(H,25,29). The van der Waals surface area contributed by atoms with E-state index in [1.807, 2.05) is 38.1 Å². The van der Waals surface area contributed by atoms with E-state index in [2.05, 4.69) is 16.0 Å². The first kappa shape index (κ1) is 19.8. The van der Waals surface area contributed by atoms with E-state index < -0.39 is 5.91 Å². The van der Waals surface area contributed by atoms with E-state index in [4.69, 9.17) is 0 Å². The minimum Gasteiger partial charge on any atom is -0.273 e. The molecule has 1 unspecified atom stereocenters. The van der Waals surface area contributed by atoms with Crippen LogP contribution in [0.5, 0.6) is 0 Å². The third-order valence-electron chi connectivity index (χ3n) is 5.52. The molecule has 0 radical (unpaired) electrons. The number of hydrogen-bond acceptors (Lipinski definition) is 4. The number of aryl methyl sites for hydroxylation is 1. The van der Waals surface area contributed by atoms with E-state index in [1.165, 1.54) is 10.2 Å². The van der Waals surface area contributed by atoms with Crippen LogP contribution in [0.4, 0.5) is 0 Å². The molecular formula is C23H24N4O3. The maximum Gasteiger partial charge on any atom is 0.290 e. The van der Waals surface area contributed by atoms with Crippen molar-refractivity contribution in [3.05, 3.63) is 75.7 Å². The SMILES string of the molecule is CC(C)n1nc(C(=O)NNC(=O)C2CCCc3ccccc32)c2ccccc2c1=O. The second-order valence-corrected chi connectivity index (χ2v) is 7.82. The summed E-state index contributed by atoms with van der Waals surface area (Å²) in [6, 6.07) is 14.6. The summed E-state index contributed by atoms with van der Waals surface area (Å²) in [7, 11) is 0. The lowest BCUT2D eigenvalue weighted by Crippen LogP contribution is -2.45. The molecule has 7 heteroatoms. The lowest BCUT2D eigenvalue weighted by Gasteiger charge is -2.24. The Labute approximate surface area is 174 Å². The highest BCUT2D eigenvalue weighted by atomic mass is 16.2. The number of hydrogen-bond donors (Lipinski definition) is 2. The smallest absolute Gasteiger partial charge is 0.273 e. The largest absolute Gasteiger partial charge is 0.290 e. The van der Waals surface area contributed by atoms with Gasteiger partial charge in [-0.3, -0.25) is 25.2 Å². The first-order valence-corrected chi connectivity index (χ1v) is 10.2. The quantitative estimate of drug-likeness (QED) is 0.657. The van der Waals surface area contributed by atoms with Crippen molar-refractivity contribution in [2.45, 2.75) is 45.1 Å². The van der Waals surface area contributed by atoms with Crippen LogP contribution in [0.25, 0.3) is 10.8 Å². The highest BCUT2D eigenvalue weighted by Gasteiger charge is 2.27. The number of hydrazine groups is 1. The summed E-state index contributed by atoms with van der Waals surface area (Å²) < 4.78 is 1.29. The van der Waals surface area contributed by atoms with Crippen molar-refractivity contribution in [3.63, 3.8) is 0 Å². The molecule has 0 fully saturated rings. The summed E-state index contributed by atoms with van der Waals surface area (Å²) in [6.45, 7) is 3.65. The number of benzene rings is 2. The second kappa shape index (κ2) is 8.10. The lowest BCUT2D eigenvalue weighted by molar-refractivity contribution is -0.123. The lowest BCUT2D eigenvalue weighted by atomic mass is 9.82. The van der Waals surface area contributed by atoms with Gasteiger partial charge in [0.1, 0.15) is 0 Å². The van der Waals surface area contributed by atoms with Gasteiger partial charge in [0.15, 0.2) is 5.69 Å². The molecule has 0 saturated carbocycles. The molecule has 2 amide bonds. The summed E-state index contributed by atoms with van der Waals surface area (Å²) >= 11 is 0. The number of amides is 2. The Morgan fingerprint density at radius 3 is 2.50 bits per heavy atom. The number of aromatic nitrogens is 2. The molecule has 7 nitrogen and oxygen atoms in total. The molecule has 0 bridgehead atoms. The van der Waals surface area contributed by atoms with Gasteiger partial charge in [0.05, 0.1) is 17.3 Å². The zero-order valence-corrected chi connectivity index (χ0v) is 17.0. The Balaban J connectivity index is 1.58. The molecule has 1 aliphatic rings. The topological polar surface area (TPSA) is 93.1 Å². The van der Waals surface area contributed by atoms with Gasteiger partial charge in [-0.1, -0.05) is 42.5 Å². The van der Waals surface area contributed by atoms with Gasteiger partial charge in [-0.25, -0.2) is 4.68 Å². The Morgan fingerprint density at radius 1 is 1.03 bits per heavy atom. The van der Waals surface area contributed by atoms with E-state index in [9.17, 15) is 14.4 Å². The average Bonchev–Trinajstić information content (AvgIpc) is 2.77. The molecule has 1 heterocycles. The fourth-order valence-electron chi connectivity index (χ4n) is 4.02. The van der Waals surface area contributed by atoms with Crippen LogP contribution in [0.3, 0.4) is 0 Å². The zero-order valence-electron chi connectivity index (χ0n) is 17.0. The summed E-state index contributed by atoms with van der Waals surface area (Å²) in [5.41, 5.74) is 7.07. The van der Waals surface area contributed by atoms with Gasteiger partial charge < -0.3 is 0 Å². The molecule has 2 N–H and O–H groups in total. The van der Waals surface area contributed by atoms with Crippen LogP contribution in [-0.4, -0.2) is 21.6 Å². The number of rotatable bonds is 3. The second-order valence-electron chi connectivity index (χ2n) is 7.82. The minimum atomic E-state index is -0.557. The molecule has 3 aromatic rings. The fourth-order valence-corrected chi connectivity index (χ4v) is 4.02. The van der Waals surface area contributed by atoms with Crippen LogP contribution >= 0.6 is 0 Å². The molecule has 0 spiro atoms. The molecule has 4 rings (SSSR count). The van der Waals surface area contributed by atoms with Crippen molar-refractivity contribution in [1.29, 1.82) is 0 Å². The maximum atomic E-state index is 12.9. The number of carbonyl (C=O) groups excluding carboxylic acids is 2. The van der Waals surface area contributed by atoms with Crippen molar-refractivity contribution in [2.75, 3.05) is 0 Å². The zero-order chi connectivity index (χ0) is 21.3. The minimum absolute atomic E-state index is 0.100. The van der Waals surface area contributed by atoms with Gasteiger partial charge >= 0.3 is 0 Å². The molecule has 154 valence electrons. The Kier molecular flexibility index (Phi) is 5.35. The van der Waals surface area contributed by atoms with Gasteiger partial charge in [-0.05, 0) is 50.3 Å². The van der Waals surface area contributed by atoms with Crippen LogP contribution < -0.4 is 16.4 Å². The van der Waals surface area contributed by atoms with E-state index in [0.29, 0.717) is 10.8 Å². The highest BCUT2D eigenvalue weighted by Crippen LogP contribution is 2.31. The Morgan fingerprint density at radius 2 is 1.73 bits per heavy atom. The van der Waals surface area contributed by atoms with Crippen LogP contribution in [0.2, 0.25) is 0 Å². The number of carbonyl (C=O) groups is 2. The van der Waals surface area contributed by atoms with E-state index in [-0.39, 0.29) is 29.1 Å². The first-order valence-electron chi connectivity index (χ1n) is 10.2. The average molecular weight is 404 g/mol. The summed E-state index contributed by atoms with van der Waals surface area (Å²) in [5.74, 6) is -1.11. The Bertz CT molecular complexity index is 1180. The summed E-state index contributed by atoms with van der Waals surface area (Å²) in [5, 5.41) is 5.14. The molecular weight excluding hydrogens is 380 g/mol. The summed E-state index contributed by atoms with van der Waals surface area (Å²) in [6.07, 6.45) is 2.62. The molecule has 0 saturated heterocycles. The molecule has 0 aliphatic heterocycles. The van der Waals surface area contributed by atoms with Crippen molar-refractivity contribution in [1.82, 2.24) is 20.6 Å². The normalized spacial score (nSPS) is 15.6. The summed E-state index contributed by atoms with van der Waals surface area (Å²) in [4.78, 5) is 38.3. The maximum absolute atomic E-state index is 12.9.